The number of hydrogen-bond acceptors (Lipinski definition) is 2. The lowest BCUT2D eigenvalue weighted by atomic mass is 9.86. The zero-order chi connectivity index (χ0) is 61.1. The van der Waals surface area contributed by atoms with E-state index in [0.29, 0.717) is 18.2 Å². The molecule has 12 aromatic carbocycles. The zero-order valence-corrected chi connectivity index (χ0v) is 51.0. The quantitative estimate of drug-likeness (QED) is 0.0796. The summed E-state index contributed by atoms with van der Waals surface area (Å²) in [7, 11) is 0. The van der Waals surface area contributed by atoms with Gasteiger partial charge in [-0.25, -0.2) is 4.99 Å². The summed E-state index contributed by atoms with van der Waals surface area (Å²) in [5.41, 5.74) is 31.3. The number of nitrogens with zero attached hydrogens (tertiary/aromatic N) is 3. The van der Waals surface area contributed by atoms with Gasteiger partial charge in [-0.15, -0.1) is 0 Å². The van der Waals surface area contributed by atoms with E-state index < -0.39 is 0 Å². The predicted octanol–water partition coefficient (Wildman–Crippen LogP) is 22.6. The van der Waals surface area contributed by atoms with Crippen molar-refractivity contribution in [2.75, 3.05) is 0 Å². The SMILES string of the molecule is N/C(=N\C(=N/Cc1ccccc1)c1cccc(-c2cccc(-c3cccc(-c4cc(-c5cccc(-c6ccc(-n7c8ccccc8c8cc(C9=CCCC=C9)ccc87)cc6)c5)cc5c4oc4cc6c7c(c8ccccc8c6cc45)CCC=C7)c3)c2)c1)C1=CCCC=C1. The third kappa shape index (κ3) is 10.00. The van der Waals surface area contributed by atoms with E-state index in [1.807, 2.05) is 18.2 Å². The van der Waals surface area contributed by atoms with E-state index in [-0.39, 0.29) is 0 Å². The number of fused-ring (bicyclic) bond motifs is 12. The first-order valence-electron chi connectivity index (χ1n) is 32.3. The summed E-state index contributed by atoms with van der Waals surface area (Å²) in [5.74, 6) is 1.07. The summed E-state index contributed by atoms with van der Waals surface area (Å²) < 4.78 is 9.66. The number of hydrogen-bond donors (Lipinski definition) is 1. The number of nitrogens with two attached hydrogens (primary N) is 1. The number of aryl methyl sites for hydroxylation is 1. The van der Waals surface area contributed by atoms with Gasteiger partial charge in [0.2, 0.25) is 0 Å². The molecule has 0 bridgehead atoms. The molecule has 0 atom stereocenters. The van der Waals surface area contributed by atoms with E-state index >= 15 is 0 Å². The van der Waals surface area contributed by atoms with Crippen LogP contribution in [0.5, 0.6) is 0 Å². The van der Waals surface area contributed by atoms with Crippen LogP contribution in [-0.2, 0) is 13.0 Å². The highest BCUT2D eigenvalue weighted by atomic mass is 16.3. The zero-order valence-electron chi connectivity index (χ0n) is 51.0. The average molecular weight is 1180 g/mol. The lowest BCUT2D eigenvalue weighted by Crippen LogP contribution is -2.17. The first-order valence-corrected chi connectivity index (χ1v) is 32.3. The van der Waals surface area contributed by atoms with Crippen LogP contribution in [0, 0.1) is 0 Å². The molecule has 0 unspecified atom stereocenters. The standard InChI is InChI=1S/C87H64N4O/c88-86(59-24-8-3-9-25-59)90-87(89-55-56-20-4-1-5-21-56)68-33-19-30-64(49-68)62-28-17-27-61(47-62)63-29-18-32-67(48-63)76-51-69(52-81-80-53-77-73-36-12-10-34-71(73)72-35-11-13-37-74(72)78(77)54-84(80)92-85(76)81)65-31-16-26-60(46-65)58-40-43-70(44-41-58)91-82-39-15-14-38-75(82)79-50-66(42-45-83(79)91)57-22-6-2-7-23-57/h1,4-6,8,10,12-34,36-54H,2-3,7,9,11,35,55H2,(H2,88,89,90). The summed E-state index contributed by atoms with van der Waals surface area (Å²) >= 11 is 0. The van der Waals surface area contributed by atoms with Crippen molar-refractivity contribution in [3.05, 3.63) is 319 Å². The van der Waals surface area contributed by atoms with Crippen molar-refractivity contribution in [1.29, 1.82) is 0 Å². The van der Waals surface area contributed by atoms with Crippen molar-refractivity contribution < 1.29 is 4.42 Å². The van der Waals surface area contributed by atoms with Crippen LogP contribution in [0.15, 0.2) is 305 Å². The monoisotopic (exact) mass is 1180 g/mol. The van der Waals surface area contributed by atoms with Crippen LogP contribution in [-0.4, -0.2) is 16.2 Å². The molecule has 14 aromatic rings. The molecule has 5 heteroatoms. The van der Waals surface area contributed by atoms with Gasteiger partial charge < -0.3 is 14.7 Å². The molecule has 0 aliphatic heterocycles. The fourth-order valence-electron chi connectivity index (χ4n) is 14.4. The Labute approximate surface area is 535 Å². The van der Waals surface area contributed by atoms with Crippen molar-refractivity contribution in [3.63, 3.8) is 0 Å². The number of amidine groups is 2. The number of allylic oxidation sites excluding steroid dienone is 7. The van der Waals surface area contributed by atoms with Gasteiger partial charge in [0.25, 0.3) is 0 Å². The van der Waals surface area contributed by atoms with Crippen LogP contribution < -0.4 is 5.73 Å². The Balaban J connectivity index is 0.763. The fourth-order valence-corrected chi connectivity index (χ4v) is 14.4. The van der Waals surface area contributed by atoms with E-state index in [0.717, 1.165) is 138 Å². The Hall–Kier alpha value is -11.4. The number of aromatic nitrogens is 1. The van der Waals surface area contributed by atoms with Crippen LogP contribution in [0.4, 0.5) is 0 Å². The molecule has 438 valence electrons. The Morgan fingerprint density at radius 2 is 1.04 bits per heavy atom. The third-order valence-corrected chi connectivity index (χ3v) is 19.0. The van der Waals surface area contributed by atoms with Crippen LogP contribution in [0.3, 0.4) is 0 Å². The minimum atomic E-state index is 0.467. The summed E-state index contributed by atoms with van der Waals surface area (Å²) in [5, 5.41) is 9.80. The van der Waals surface area contributed by atoms with Gasteiger partial charge in [-0.05, 0) is 217 Å². The Bertz CT molecular complexity index is 5540. The molecule has 2 heterocycles. The molecule has 0 amide bonds. The second-order valence-electron chi connectivity index (χ2n) is 24.6. The first kappa shape index (κ1) is 54.7. The van der Waals surface area contributed by atoms with E-state index in [9.17, 15) is 0 Å². The molecule has 92 heavy (non-hydrogen) atoms. The van der Waals surface area contributed by atoms with Gasteiger partial charge in [0.05, 0.1) is 17.6 Å². The molecule has 0 saturated heterocycles. The third-order valence-electron chi connectivity index (χ3n) is 19.0. The van der Waals surface area contributed by atoms with Crippen molar-refractivity contribution in [3.8, 4) is 61.3 Å². The molecule has 0 spiro atoms. The van der Waals surface area contributed by atoms with Gasteiger partial charge in [-0.3, -0.25) is 4.99 Å². The Morgan fingerprint density at radius 3 is 1.80 bits per heavy atom. The van der Waals surface area contributed by atoms with Crippen LogP contribution in [0.2, 0.25) is 0 Å². The maximum Gasteiger partial charge on any atom is 0.157 e. The highest BCUT2D eigenvalue weighted by molar-refractivity contribution is 6.21. The number of rotatable bonds is 11. The second-order valence-corrected chi connectivity index (χ2v) is 24.6. The van der Waals surface area contributed by atoms with Crippen molar-refractivity contribution in [2.45, 2.75) is 45.1 Å². The summed E-state index contributed by atoms with van der Waals surface area (Å²) in [6.07, 6.45) is 24.1. The Kier molecular flexibility index (Phi) is 13.8. The largest absolute Gasteiger partial charge is 0.455 e. The molecular weight excluding hydrogens is 1120 g/mol. The van der Waals surface area contributed by atoms with Crippen molar-refractivity contribution in [1.82, 2.24) is 4.57 Å². The van der Waals surface area contributed by atoms with Gasteiger partial charge in [0.1, 0.15) is 17.0 Å². The molecule has 2 aromatic heterocycles. The van der Waals surface area contributed by atoms with Gasteiger partial charge in [0.15, 0.2) is 5.84 Å². The number of aliphatic imine (C=N–C) groups is 2. The normalized spacial score (nSPS) is 14.3. The van der Waals surface area contributed by atoms with Gasteiger partial charge in [0, 0.05) is 43.9 Å². The smallest absolute Gasteiger partial charge is 0.157 e. The molecule has 3 aliphatic rings. The van der Waals surface area contributed by atoms with Crippen LogP contribution >= 0.6 is 0 Å². The molecular formula is C87H64N4O. The highest BCUT2D eigenvalue weighted by Gasteiger charge is 2.22. The average Bonchev–Trinajstić information content (AvgIpc) is 1.45. The number of benzene rings is 12. The summed E-state index contributed by atoms with van der Waals surface area (Å²) in [6, 6.07) is 88.8. The number of para-hydroxylation sites is 1. The lowest BCUT2D eigenvalue weighted by molar-refractivity contribution is 0.670. The van der Waals surface area contributed by atoms with E-state index in [1.54, 1.807) is 0 Å². The molecule has 3 aliphatic carbocycles. The van der Waals surface area contributed by atoms with E-state index in [2.05, 4.69) is 278 Å². The summed E-state index contributed by atoms with van der Waals surface area (Å²) in [6.45, 7) is 0.486. The molecule has 0 saturated carbocycles. The van der Waals surface area contributed by atoms with Gasteiger partial charge in [-0.1, -0.05) is 212 Å². The van der Waals surface area contributed by atoms with Crippen LogP contribution in [0.25, 0.3) is 138 Å². The molecule has 0 fully saturated rings. The molecule has 5 nitrogen and oxygen atoms in total. The lowest BCUT2D eigenvalue weighted by Gasteiger charge is -2.17. The maximum absolute atomic E-state index is 7.25. The number of furan rings is 1. The second kappa shape index (κ2) is 23.2. The van der Waals surface area contributed by atoms with Gasteiger partial charge >= 0.3 is 0 Å². The van der Waals surface area contributed by atoms with E-state index in [1.165, 1.54) is 65.6 Å². The van der Waals surface area contributed by atoms with Crippen LogP contribution in [0.1, 0.15) is 59.9 Å². The molecule has 0 radical (unpaired) electrons. The Morgan fingerprint density at radius 1 is 0.413 bits per heavy atom. The fraction of sp³-hybridized carbons (Fsp3) is 0.0805. The minimum Gasteiger partial charge on any atom is -0.455 e. The summed E-state index contributed by atoms with van der Waals surface area (Å²) in [4.78, 5) is 10.1. The molecule has 2 N–H and O–H groups in total. The van der Waals surface area contributed by atoms with Gasteiger partial charge in [-0.2, -0.15) is 0 Å². The van der Waals surface area contributed by atoms with E-state index in [4.69, 9.17) is 20.1 Å². The highest BCUT2D eigenvalue weighted by Crippen LogP contribution is 2.46. The topological polar surface area (TPSA) is 68.8 Å². The van der Waals surface area contributed by atoms with Crippen molar-refractivity contribution >= 4 is 88.6 Å². The maximum atomic E-state index is 7.25. The minimum absolute atomic E-state index is 0.467. The molecule has 17 rings (SSSR count). The predicted molar refractivity (Wildman–Crippen MR) is 389 cm³/mol. The van der Waals surface area contributed by atoms with Crippen molar-refractivity contribution in [2.24, 2.45) is 15.7 Å². The first-order chi connectivity index (χ1) is 45.5.